The molecule has 1 aliphatic heterocycles. The molecule has 0 aromatic heterocycles. The highest BCUT2D eigenvalue weighted by atomic mass is 19.3. The summed E-state index contributed by atoms with van der Waals surface area (Å²) in [7, 11) is 0. The molecule has 3 aliphatic rings. The van der Waals surface area contributed by atoms with Gasteiger partial charge in [-0.15, -0.1) is 0 Å². The summed E-state index contributed by atoms with van der Waals surface area (Å²) < 4.78 is 40.6. The lowest BCUT2D eigenvalue weighted by molar-refractivity contribution is -0.125. The van der Waals surface area contributed by atoms with Crippen LogP contribution in [0, 0.1) is 11.2 Å². The SMILES string of the molecule is CC(C)(O)c1cc(F)c2c(c1)[N+](CCCC(=O)C1(CC(F)F)CC1)(C1CCC1)N2. The Balaban J connectivity index is 1.50. The number of anilines is 1. The number of fused-ring (bicyclic) bond motifs is 1. The molecular weight excluding hydrogens is 381 g/mol. The van der Waals surface area contributed by atoms with Crippen molar-refractivity contribution in [1.29, 1.82) is 0 Å². The predicted molar refractivity (Wildman–Crippen MR) is 106 cm³/mol. The van der Waals surface area contributed by atoms with Crippen LogP contribution in [-0.4, -0.2) is 29.9 Å². The average Bonchev–Trinajstić information content (AvgIpc) is 3.32. The van der Waals surface area contributed by atoms with Crippen molar-refractivity contribution in [3.8, 4) is 0 Å². The molecule has 1 atom stereocenters. The van der Waals surface area contributed by atoms with E-state index in [1.54, 1.807) is 13.8 Å². The van der Waals surface area contributed by atoms with Crippen LogP contribution in [0.2, 0.25) is 0 Å². The zero-order valence-electron chi connectivity index (χ0n) is 17.1. The fourth-order valence-corrected chi connectivity index (χ4v) is 4.85. The topological polar surface area (TPSA) is 49.3 Å². The molecule has 0 bridgehead atoms. The number of benzene rings is 1. The first kappa shape index (κ1) is 20.7. The monoisotopic (exact) mass is 411 g/mol. The molecule has 1 heterocycles. The molecule has 1 aromatic rings. The third kappa shape index (κ3) is 3.56. The molecular formula is C22H30F3N2O2+. The molecule has 0 saturated heterocycles. The first-order chi connectivity index (χ1) is 13.6. The zero-order valence-corrected chi connectivity index (χ0v) is 17.1. The minimum atomic E-state index is -2.44. The minimum absolute atomic E-state index is 0.0540. The van der Waals surface area contributed by atoms with E-state index in [9.17, 15) is 23.1 Å². The number of hydrogen-bond donors (Lipinski definition) is 2. The normalized spacial score (nSPS) is 25.1. The molecule has 0 spiro atoms. The molecule has 0 amide bonds. The summed E-state index contributed by atoms with van der Waals surface area (Å²) in [5.41, 5.74) is 3.17. The van der Waals surface area contributed by atoms with E-state index in [4.69, 9.17) is 0 Å². The third-order valence-corrected chi connectivity index (χ3v) is 7.12. The molecule has 7 heteroatoms. The molecule has 29 heavy (non-hydrogen) atoms. The van der Waals surface area contributed by atoms with Crippen molar-refractivity contribution >= 4 is 17.2 Å². The van der Waals surface area contributed by atoms with Crippen LogP contribution in [-0.2, 0) is 10.4 Å². The van der Waals surface area contributed by atoms with Gasteiger partial charge < -0.3 is 5.11 Å². The number of aliphatic hydroxyl groups is 1. The first-order valence-electron chi connectivity index (χ1n) is 10.6. The number of quaternary nitrogens is 1. The quantitative estimate of drug-likeness (QED) is 0.560. The van der Waals surface area contributed by atoms with Gasteiger partial charge >= 0.3 is 0 Å². The number of rotatable bonds is 9. The van der Waals surface area contributed by atoms with E-state index in [0.717, 1.165) is 24.9 Å². The van der Waals surface area contributed by atoms with E-state index >= 15 is 0 Å². The van der Waals surface area contributed by atoms with Crippen molar-refractivity contribution in [2.24, 2.45) is 5.41 Å². The maximum Gasteiger partial charge on any atom is 0.239 e. The molecule has 1 aromatic carbocycles. The molecule has 2 fully saturated rings. The number of halogens is 3. The Morgan fingerprint density at radius 2 is 2.03 bits per heavy atom. The Labute approximate surface area is 169 Å². The van der Waals surface area contributed by atoms with Crippen molar-refractivity contribution in [3.05, 3.63) is 23.5 Å². The highest BCUT2D eigenvalue weighted by Crippen LogP contribution is 2.53. The lowest BCUT2D eigenvalue weighted by Crippen LogP contribution is -2.69. The fraction of sp³-hybridized carbons (Fsp3) is 0.682. The van der Waals surface area contributed by atoms with Crippen LogP contribution in [0.15, 0.2) is 12.1 Å². The van der Waals surface area contributed by atoms with Gasteiger partial charge in [0.1, 0.15) is 18.4 Å². The van der Waals surface area contributed by atoms with Crippen LogP contribution >= 0.6 is 0 Å². The van der Waals surface area contributed by atoms with E-state index in [-0.39, 0.29) is 24.4 Å². The van der Waals surface area contributed by atoms with E-state index < -0.39 is 17.4 Å². The Bertz CT molecular complexity index is 813. The van der Waals surface area contributed by atoms with Crippen LogP contribution in [0.25, 0.3) is 0 Å². The average molecular weight is 411 g/mol. The first-order valence-corrected chi connectivity index (χ1v) is 10.6. The number of nitrogens with zero attached hydrogens (tertiary/aromatic N) is 1. The molecule has 4 nitrogen and oxygen atoms in total. The summed E-state index contributed by atoms with van der Waals surface area (Å²) >= 11 is 0. The number of hydrogen-bond acceptors (Lipinski definition) is 3. The van der Waals surface area contributed by atoms with Crippen molar-refractivity contribution < 1.29 is 23.1 Å². The largest absolute Gasteiger partial charge is 0.386 e. The standard InChI is InChI=1S/C22H30F3N2O2/c1-21(2,29)14-11-16(23)20-17(12-14)27(26-20,15-5-3-6-15)10-4-7-18(28)22(8-9-22)13-19(24)25/h11-12,15,19,26,29H,3-10,13H2,1-2H3/q+1. The van der Waals surface area contributed by atoms with Crippen LogP contribution in [0.3, 0.4) is 0 Å². The van der Waals surface area contributed by atoms with Crippen LogP contribution in [0.4, 0.5) is 24.5 Å². The lowest BCUT2D eigenvalue weighted by atomic mass is 9.86. The van der Waals surface area contributed by atoms with Crippen LogP contribution in [0.1, 0.15) is 70.8 Å². The number of carbonyl (C=O) groups is 1. The Hall–Kier alpha value is -1.60. The fourth-order valence-electron chi connectivity index (χ4n) is 4.85. The Morgan fingerprint density at radius 1 is 1.34 bits per heavy atom. The number of carbonyl (C=O) groups excluding carboxylic acids is 1. The van der Waals surface area contributed by atoms with Gasteiger partial charge in [0.25, 0.3) is 0 Å². The number of ketones is 1. The summed E-state index contributed by atoms with van der Waals surface area (Å²) in [6.07, 6.45) is 2.38. The van der Waals surface area contributed by atoms with Gasteiger partial charge in [0.05, 0.1) is 5.60 Å². The maximum absolute atomic E-state index is 14.6. The van der Waals surface area contributed by atoms with Gasteiger partial charge in [0.2, 0.25) is 6.43 Å². The molecule has 0 radical (unpaired) electrons. The van der Waals surface area contributed by atoms with Gasteiger partial charge in [0.15, 0.2) is 17.2 Å². The number of Topliss-reactive ketones (excluding diaryl/α,β-unsaturated/α-hetero) is 1. The zero-order chi connectivity index (χ0) is 21.0. The molecule has 2 N–H and O–H groups in total. The predicted octanol–water partition coefficient (Wildman–Crippen LogP) is 5.04. The molecule has 2 aliphatic carbocycles. The van der Waals surface area contributed by atoms with Crippen LogP contribution < -0.4 is 10.0 Å². The number of nitrogens with one attached hydrogen (secondary N) is 1. The maximum atomic E-state index is 14.6. The third-order valence-electron chi connectivity index (χ3n) is 7.12. The second-order valence-electron chi connectivity index (χ2n) is 9.60. The summed E-state index contributed by atoms with van der Waals surface area (Å²) in [6, 6.07) is 3.55. The minimum Gasteiger partial charge on any atom is -0.386 e. The van der Waals surface area contributed by atoms with Gasteiger partial charge in [-0.1, -0.05) is 0 Å². The molecule has 1 unspecified atom stereocenters. The van der Waals surface area contributed by atoms with Gasteiger partial charge in [-0.05, 0) is 44.7 Å². The highest BCUT2D eigenvalue weighted by molar-refractivity contribution is 5.87. The van der Waals surface area contributed by atoms with Crippen LogP contribution in [0.5, 0.6) is 0 Å². The Morgan fingerprint density at radius 3 is 2.55 bits per heavy atom. The van der Waals surface area contributed by atoms with Gasteiger partial charge in [-0.25, -0.2) is 18.6 Å². The second-order valence-corrected chi connectivity index (χ2v) is 9.60. The van der Waals surface area contributed by atoms with E-state index in [1.165, 1.54) is 6.07 Å². The Kier molecular flexibility index (Phi) is 4.97. The summed E-state index contributed by atoms with van der Waals surface area (Å²) in [6.45, 7) is 3.88. The van der Waals surface area contributed by atoms with Crippen molar-refractivity contribution in [2.45, 2.75) is 83.3 Å². The van der Waals surface area contributed by atoms with Gasteiger partial charge in [-0.3, -0.25) is 4.79 Å². The molecule has 160 valence electrons. The van der Waals surface area contributed by atoms with E-state index in [0.29, 0.717) is 47.7 Å². The van der Waals surface area contributed by atoms with E-state index in [2.05, 4.69) is 5.43 Å². The summed E-state index contributed by atoms with van der Waals surface area (Å²) in [5, 5.41) is 10.4. The smallest absolute Gasteiger partial charge is 0.239 e. The molecule has 4 rings (SSSR count). The van der Waals surface area contributed by atoms with E-state index in [1.807, 2.05) is 6.07 Å². The highest BCUT2D eigenvalue weighted by Gasteiger charge is 2.54. The number of alkyl halides is 2. The summed E-state index contributed by atoms with van der Waals surface area (Å²) in [4.78, 5) is 12.5. The van der Waals surface area contributed by atoms with Gasteiger partial charge in [0, 0.05) is 43.6 Å². The lowest BCUT2D eigenvalue weighted by Gasteiger charge is -2.53. The molecule has 2 saturated carbocycles. The van der Waals surface area contributed by atoms with Crippen molar-refractivity contribution in [1.82, 2.24) is 4.59 Å². The van der Waals surface area contributed by atoms with Gasteiger partial charge in [-0.2, -0.15) is 4.59 Å². The van der Waals surface area contributed by atoms with Crippen molar-refractivity contribution in [3.63, 3.8) is 0 Å². The second kappa shape index (κ2) is 6.98. The van der Waals surface area contributed by atoms with Crippen molar-refractivity contribution in [2.75, 3.05) is 12.0 Å². The summed E-state index contributed by atoms with van der Waals surface area (Å²) in [5.74, 6) is -0.431.